The average molecular weight is 264 g/mol. The Morgan fingerprint density at radius 2 is 2.54 bits per heavy atom. The summed E-state index contributed by atoms with van der Waals surface area (Å²) in [6.45, 7) is 1.44. The van der Waals surface area contributed by atoms with Crippen LogP contribution in [-0.2, 0) is 6.54 Å². The Morgan fingerprint density at radius 3 is 3.08 bits per heavy atom. The largest absolute Gasteiger partial charge is 0.360 e. The second-order valence-electron chi connectivity index (χ2n) is 2.32. The summed E-state index contributed by atoms with van der Waals surface area (Å²) in [6.07, 6.45) is 3.63. The lowest BCUT2D eigenvalue weighted by Crippen LogP contribution is -2.40. The SMILES string of the molecule is NNC(=S)NCCn1cc(Br)cn1. The molecule has 0 saturated heterocycles. The molecule has 13 heavy (non-hydrogen) atoms. The summed E-state index contributed by atoms with van der Waals surface area (Å²) in [6, 6.07) is 0. The molecule has 1 aromatic heterocycles. The molecular weight excluding hydrogens is 254 g/mol. The van der Waals surface area contributed by atoms with Gasteiger partial charge in [0.2, 0.25) is 0 Å². The summed E-state index contributed by atoms with van der Waals surface area (Å²) in [4.78, 5) is 0. The second-order valence-corrected chi connectivity index (χ2v) is 3.65. The van der Waals surface area contributed by atoms with Crippen LogP contribution in [0.5, 0.6) is 0 Å². The Labute approximate surface area is 89.8 Å². The maximum absolute atomic E-state index is 5.07. The predicted octanol–water partition coefficient (Wildman–Crippen LogP) is -0.0166. The maximum Gasteiger partial charge on any atom is 0.180 e. The molecule has 5 nitrogen and oxygen atoms in total. The van der Waals surface area contributed by atoms with Crippen LogP contribution in [0.15, 0.2) is 16.9 Å². The molecule has 4 N–H and O–H groups in total. The van der Waals surface area contributed by atoms with Crippen LogP contribution in [0.1, 0.15) is 0 Å². The minimum Gasteiger partial charge on any atom is -0.360 e. The van der Waals surface area contributed by atoms with E-state index >= 15 is 0 Å². The minimum absolute atomic E-state index is 0.436. The van der Waals surface area contributed by atoms with Crippen LogP contribution in [0.4, 0.5) is 0 Å². The third-order valence-electron chi connectivity index (χ3n) is 1.36. The Hall–Kier alpha value is -0.660. The molecule has 0 unspecified atom stereocenters. The van der Waals surface area contributed by atoms with Gasteiger partial charge in [0.15, 0.2) is 5.11 Å². The van der Waals surface area contributed by atoms with Gasteiger partial charge in [-0.1, -0.05) is 0 Å². The molecule has 0 fully saturated rings. The predicted molar refractivity (Wildman–Crippen MR) is 57.9 cm³/mol. The summed E-state index contributed by atoms with van der Waals surface area (Å²) >= 11 is 8.09. The molecule has 72 valence electrons. The second kappa shape index (κ2) is 5.15. The number of nitrogens with zero attached hydrogens (tertiary/aromatic N) is 2. The lowest BCUT2D eigenvalue weighted by Gasteiger charge is -2.05. The normalized spacial score (nSPS) is 9.69. The topological polar surface area (TPSA) is 67.9 Å². The van der Waals surface area contributed by atoms with E-state index in [1.54, 1.807) is 10.9 Å². The zero-order valence-corrected chi connectivity index (χ0v) is 9.23. The first-order valence-electron chi connectivity index (χ1n) is 3.65. The number of hydrazine groups is 1. The van der Waals surface area contributed by atoms with Crippen molar-refractivity contribution in [1.29, 1.82) is 0 Å². The first-order chi connectivity index (χ1) is 6.22. The fraction of sp³-hybridized carbons (Fsp3) is 0.333. The molecule has 0 amide bonds. The van der Waals surface area contributed by atoms with Gasteiger partial charge in [-0.05, 0) is 28.1 Å². The summed E-state index contributed by atoms with van der Waals surface area (Å²) in [5, 5.41) is 7.42. The fourth-order valence-electron chi connectivity index (χ4n) is 0.796. The van der Waals surface area contributed by atoms with Crippen LogP contribution in [0.3, 0.4) is 0 Å². The third kappa shape index (κ3) is 3.71. The Balaban J connectivity index is 2.24. The van der Waals surface area contributed by atoms with Gasteiger partial charge in [-0.15, -0.1) is 0 Å². The molecule has 1 heterocycles. The summed E-state index contributed by atoms with van der Waals surface area (Å²) in [5.74, 6) is 5.07. The van der Waals surface area contributed by atoms with Gasteiger partial charge in [0.05, 0.1) is 17.2 Å². The molecule has 0 atom stereocenters. The lowest BCUT2D eigenvalue weighted by atomic mass is 10.6. The van der Waals surface area contributed by atoms with Gasteiger partial charge in [-0.2, -0.15) is 5.10 Å². The van der Waals surface area contributed by atoms with Gasteiger partial charge in [0.25, 0.3) is 0 Å². The van der Waals surface area contributed by atoms with Crippen LogP contribution in [-0.4, -0.2) is 21.4 Å². The zero-order valence-electron chi connectivity index (χ0n) is 6.83. The average Bonchev–Trinajstić information content (AvgIpc) is 2.51. The summed E-state index contributed by atoms with van der Waals surface area (Å²) in [5.41, 5.74) is 2.34. The van der Waals surface area contributed by atoms with Crippen molar-refractivity contribution < 1.29 is 0 Å². The van der Waals surface area contributed by atoms with E-state index in [1.807, 2.05) is 6.20 Å². The van der Waals surface area contributed by atoms with Crippen molar-refractivity contribution in [1.82, 2.24) is 20.5 Å². The molecule has 0 bridgehead atoms. The van der Waals surface area contributed by atoms with Gasteiger partial charge >= 0.3 is 0 Å². The highest BCUT2D eigenvalue weighted by Gasteiger charge is 1.95. The van der Waals surface area contributed by atoms with E-state index in [9.17, 15) is 0 Å². The Morgan fingerprint density at radius 1 is 1.77 bits per heavy atom. The van der Waals surface area contributed by atoms with Crippen LogP contribution >= 0.6 is 28.1 Å². The number of nitrogens with one attached hydrogen (secondary N) is 2. The van der Waals surface area contributed by atoms with E-state index in [-0.39, 0.29) is 0 Å². The molecule has 0 spiro atoms. The molecule has 7 heteroatoms. The molecule has 1 rings (SSSR count). The highest BCUT2D eigenvalue weighted by molar-refractivity contribution is 9.10. The number of halogens is 1. The molecule has 0 saturated carbocycles. The number of hydrogen-bond acceptors (Lipinski definition) is 3. The first kappa shape index (κ1) is 10.4. The molecule has 0 radical (unpaired) electrons. The van der Waals surface area contributed by atoms with Crippen molar-refractivity contribution in [3.8, 4) is 0 Å². The highest BCUT2D eigenvalue weighted by Crippen LogP contribution is 2.05. The molecule has 0 aliphatic carbocycles. The van der Waals surface area contributed by atoms with E-state index < -0.39 is 0 Å². The number of hydrogen-bond donors (Lipinski definition) is 3. The van der Waals surface area contributed by atoms with E-state index in [0.29, 0.717) is 11.7 Å². The number of rotatable bonds is 3. The fourth-order valence-corrected chi connectivity index (χ4v) is 1.23. The van der Waals surface area contributed by atoms with Crippen LogP contribution in [0.25, 0.3) is 0 Å². The van der Waals surface area contributed by atoms with Gasteiger partial charge in [-0.25, -0.2) is 5.84 Å². The highest BCUT2D eigenvalue weighted by atomic mass is 79.9. The smallest absolute Gasteiger partial charge is 0.180 e. The van der Waals surface area contributed by atoms with Crippen LogP contribution in [0, 0.1) is 0 Å². The summed E-state index contributed by atoms with van der Waals surface area (Å²) < 4.78 is 2.77. The third-order valence-corrected chi connectivity index (χ3v) is 2.03. The monoisotopic (exact) mass is 263 g/mol. The van der Waals surface area contributed by atoms with Gasteiger partial charge in [0, 0.05) is 12.7 Å². The Bertz CT molecular complexity index is 286. The van der Waals surface area contributed by atoms with E-state index in [0.717, 1.165) is 11.0 Å². The number of aromatic nitrogens is 2. The van der Waals surface area contributed by atoms with Crippen LogP contribution < -0.4 is 16.6 Å². The number of nitrogens with two attached hydrogens (primary N) is 1. The van der Waals surface area contributed by atoms with Crippen molar-refractivity contribution in [2.45, 2.75) is 6.54 Å². The number of thiocarbonyl (C=S) groups is 1. The summed E-state index contributed by atoms with van der Waals surface area (Å²) in [7, 11) is 0. The van der Waals surface area contributed by atoms with Crippen molar-refractivity contribution in [3.05, 3.63) is 16.9 Å². The lowest BCUT2D eigenvalue weighted by molar-refractivity contribution is 0.601. The van der Waals surface area contributed by atoms with Crippen molar-refractivity contribution in [2.75, 3.05) is 6.54 Å². The molecular formula is C6H10BrN5S. The van der Waals surface area contributed by atoms with E-state index in [4.69, 9.17) is 18.1 Å². The standard InChI is InChI=1S/C6H10BrN5S/c7-5-3-10-12(4-5)2-1-9-6(13)11-8/h3-4H,1-2,8H2,(H2,9,11,13). The van der Waals surface area contributed by atoms with Gasteiger partial charge in [0.1, 0.15) is 0 Å². The quantitative estimate of drug-likeness (QED) is 0.407. The molecule has 0 aliphatic heterocycles. The maximum atomic E-state index is 5.07. The van der Waals surface area contributed by atoms with Crippen molar-refractivity contribution in [2.24, 2.45) is 5.84 Å². The molecule has 0 aromatic carbocycles. The van der Waals surface area contributed by atoms with Crippen LogP contribution in [0.2, 0.25) is 0 Å². The van der Waals surface area contributed by atoms with E-state index in [1.165, 1.54) is 0 Å². The van der Waals surface area contributed by atoms with E-state index in [2.05, 4.69) is 31.8 Å². The minimum atomic E-state index is 0.436. The molecule has 1 aromatic rings. The van der Waals surface area contributed by atoms with Gasteiger partial charge in [-0.3, -0.25) is 4.68 Å². The molecule has 0 aliphatic rings. The van der Waals surface area contributed by atoms with Gasteiger partial charge < -0.3 is 10.7 Å². The zero-order chi connectivity index (χ0) is 9.68. The van der Waals surface area contributed by atoms with Crippen molar-refractivity contribution in [3.63, 3.8) is 0 Å². The Kier molecular flexibility index (Phi) is 4.13. The van der Waals surface area contributed by atoms with Crippen molar-refractivity contribution >= 4 is 33.3 Å². The first-order valence-corrected chi connectivity index (χ1v) is 4.85.